The van der Waals surface area contributed by atoms with Gasteiger partial charge in [0.05, 0.1) is 17.2 Å². The van der Waals surface area contributed by atoms with Crippen molar-refractivity contribution in [3.63, 3.8) is 0 Å². The number of benzene rings is 2. The van der Waals surface area contributed by atoms with Gasteiger partial charge in [0, 0.05) is 42.7 Å². The van der Waals surface area contributed by atoms with E-state index in [4.69, 9.17) is 5.11 Å². The predicted octanol–water partition coefficient (Wildman–Crippen LogP) is 2.87. The van der Waals surface area contributed by atoms with Crippen molar-refractivity contribution in [1.82, 2.24) is 0 Å². The zero-order valence-electron chi connectivity index (χ0n) is 13.3. The van der Waals surface area contributed by atoms with Gasteiger partial charge in [0.25, 0.3) is 5.69 Å². The lowest BCUT2D eigenvalue weighted by Gasteiger charge is -2.21. The van der Waals surface area contributed by atoms with E-state index in [-0.39, 0.29) is 23.6 Å². The molecular formula is C17H19N3O4. The summed E-state index contributed by atoms with van der Waals surface area (Å²) < 4.78 is 0. The highest BCUT2D eigenvalue weighted by atomic mass is 16.6. The quantitative estimate of drug-likeness (QED) is 0.462. The van der Waals surface area contributed by atoms with E-state index in [2.05, 4.69) is 4.99 Å². The summed E-state index contributed by atoms with van der Waals surface area (Å²) in [5.74, 6) is -0.0684. The Kier molecular flexibility index (Phi) is 5.86. The zero-order chi connectivity index (χ0) is 17.5. The van der Waals surface area contributed by atoms with Gasteiger partial charge in [-0.05, 0) is 37.3 Å². The number of rotatable bonds is 7. The lowest BCUT2D eigenvalue weighted by atomic mass is 10.2. The summed E-state index contributed by atoms with van der Waals surface area (Å²) in [6.45, 7) is 3.43. The maximum absolute atomic E-state index is 10.8. The fourth-order valence-electron chi connectivity index (χ4n) is 2.24. The number of phenolic OH excluding ortho intramolecular Hbond substituents is 1. The molecule has 0 heterocycles. The third kappa shape index (κ3) is 4.30. The van der Waals surface area contributed by atoms with Crippen molar-refractivity contribution in [3.8, 4) is 5.75 Å². The van der Waals surface area contributed by atoms with E-state index in [1.165, 1.54) is 24.4 Å². The molecule has 0 aliphatic carbocycles. The molecule has 0 spiro atoms. The fourth-order valence-corrected chi connectivity index (χ4v) is 2.24. The molecule has 0 aromatic heterocycles. The summed E-state index contributed by atoms with van der Waals surface area (Å²) in [5, 5.41) is 29.6. The molecule has 0 radical (unpaired) electrons. The molecule has 7 nitrogen and oxygen atoms in total. The van der Waals surface area contributed by atoms with Crippen LogP contribution in [-0.2, 0) is 0 Å². The second-order valence-electron chi connectivity index (χ2n) is 5.08. The Labute approximate surface area is 139 Å². The number of nitro groups is 1. The topological polar surface area (TPSA) is 99.2 Å². The van der Waals surface area contributed by atoms with Crippen LogP contribution in [0.2, 0.25) is 0 Å². The average molecular weight is 329 g/mol. The highest BCUT2D eigenvalue weighted by Crippen LogP contribution is 2.23. The molecule has 0 bridgehead atoms. The van der Waals surface area contributed by atoms with Crippen molar-refractivity contribution in [2.75, 3.05) is 24.6 Å². The molecule has 0 saturated carbocycles. The first-order chi connectivity index (χ1) is 11.5. The Bertz CT molecular complexity index is 729. The van der Waals surface area contributed by atoms with Crippen molar-refractivity contribution in [2.24, 2.45) is 4.99 Å². The molecule has 24 heavy (non-hydrogen) atoms. The van der Waals surface area contributed by atoms with Crippen molar-refractivity contribution >= 4 is 23.3 Å². The third-order valence-corrected chi connectivity index (χ3v) is 3.54. The van der Waals surface area contributed by atoms with Crippen molar-refractivity contribution in [2.45, 2.75) is 6.92 Å². The minimum atomic E-state index is -0.522. The zero-order valence-corrected chi connectivity index (χ0v) is 13.3. The predicted molar refractivity (Wildman–Crippen MR) is 93.4 cm³/mol. The van der Waals surface area contributed by atoms with E-state index >= 15 is 0 Å². The number of hydrogen-bond acceptors (Lipinski definition) is 6. The van der Waals surface area contributed by atoms with Crippen LogP contribution in [0.1, 0.15) is 12.5 Å². The third-order valence-electron chi connectivity index (χ3n) is 3.54. The maximum atomic E-state index is 10.8. The monoisotopic (exact) mass is 329 g/mol. The maximum Gasteiger partial charge on any atom is 0.270 e. The lowest BCUT2D eigenvalue weighted by Crippen LogP contribution is -2.25. The molecule has 126 valence electrons. The van der Waals surface area contributed by atoms with Crippen LogP contribution in [-0.4, -0.2) is 41.0 Å². The van der Waals surface area contributed by atoms with E-state index in [0.29, 0.717) is 12.2 Å². The summed E-state index contributed by atoms with van der Waals surface area (Å²) in [5.41, 5.74) is 1.81. The highest BCUT2D eigenvalue weighted by Gasteiger charge is 2.08. The molecule has 0 amide bonds. The van der Waals surface area contributed by atoms with E-state index in [1.54, 1.807) is 12.1 Å². The first-order valence-electron chi connectivity index (χ1n) is 7.52. The molecule has 7 heteroatoms. The van der Waals surface area contributed by atoms with E-state index in [0.717, 1.165) is 12.2 Å². The molecule has 0 fully saturated rings. The Balaban J connectivity index is 2.18. The normalized spacial score (nSPS) is 10.9. The van der Waals surface area contributed by atoms with Crippen LogP contribution in [0.5, 0.6) is 5.75 Å². The van der Waals surface area contributed by atoms with Gasteiger partial charge in [0.15, 0.2) is 0 Å². The Morgan fingerprint density at radius 2 is 1.96 bits per heavy atom. The average Bonchev–Trinajstić information content (AvgIpc) is 2.59. The SMILES string of the molecule is CCN(CCO)c1ccc(N=Cc2cc([N+](=O)[O-])ccc2O)cc1. The number of aliphatic hydroxyl groups excluding tert-OH is 1. The lowest BCUT2D eigenvalue weighted by molar-refractivity contribution is -0.384. The van der Waals surface area contributed by atoms with Crippen LogP contribution in [0.3, 0.4) is 0 Å². The van der Waals surface area contributed by atoms with Crippen LogP contribution >= 0.6 is 0 Å². The molecule has 0 aliphatic heterocycles. The fraction of sp³-hybridized carbons (Fsp3) is 0.235. The molecular weight excluding hydrogens is 310 g/mol. The van der Waals surface area contributed by atoms with Gasteiger partial charge in [0.1, 0.15) is 5.75 Å². The number of aliphatic hydroxyl groups is 1. The summed E-state index contributed by atoms with van der Waals surface area (Å²) in [6.07, 6.45) is 1.39. The van der Waals surface area contributed by atoms with Gasteiger partial charge in [-0.3, -0.25) is 15.1 Å². The molecule has 2 aromatic rings. The number of likely N-dealkylation sites (N-methyl/N-ethyl adjacent to an activating group) is 1. The Hall–Kier alpha value is -2.93. The van der Waals surface area contributed by atoms with Crippen LogP contribution in [0.25, 0.3) is 0 Å². The molecule has 2 N–H and O–H groups in total. The highest BCUT2D eigenvalue weighted by molar-refractivity contribution is 5.86. The number of hydrogen-bond donors (Lipinski definition) is 2. The number of nitro benzene ring substituents is 1. The minimum Gasteiger partial charge on any atom is -0.507 e. The van der Waals surface area contributed by atoms with Gasteiger partial charge in [-0.2, -0.15) is 0 Å². The minimum absolute atomic E-state index is 0.0684. The number of aromatic hydroxyl groups is 1. The number of anilines is 1. The molecule has 0 aliphatic rings. The summed E-state index contributed by atoms with van der Waals surface area (Å²) >= 11 is 0. The Morgan fingerprint density at radius 3 is 2.54 bits per heavy atom. The first-order valence-corrected chi connectivity index (χ1v) is 7.52. The molecule has 0 saturated heterocycles. The molecule has 2 rings (SSSR count). The van der Waals surface area contributed by atoms with Crippen LogP contribution in [0.15, 0.2) is 47.5 Å². The first kappa shape index (κ1) is 17.4. The van der Waals surface area contributed by atoms with Gasteiger partial charge < -0.3 is 15.1 Å². The van der Waals surface area contributed by atoms with E-state index in [1.807, 2.05) is 24.0 Å². The summed E-state index contributed by atoms with van der Waals surface area (Å²) in [6, 6.07) is 11.2. The van der Waals surface area contributed by atoms with Gasteiger partial charge in [-0.25, -0.2) is 0 Å². The standard InChI is InChI=1S/C17H19N3O4/c1-2-19(9-10-21)15-5-3-14(4-6-15)18-12-13-11-16(20(23)24)7-8-17(13)22/h3-8,11-12,21-22H,2,9-10H2,1H3. The van der Waals surface area contributed by atoms with Crippen molar-refractivity contribution in [3.05, 3.63) is 58.1 Å². The van der Waals surface area contributed by atoms with Crippen molar-refractivity contribution in [1.29, 1.82) is 0 Å². The number of phenols is 1. The Morgan fingerprint density at radius 1 is 1.25 bits per heavy atom. The van der Waals surface area contributed by atoms with Crippen LogP contribution in [0, 0.1) is 10.1 Å². The molecule has 2 aromatic carbocycles. The summed E-state index contributed by atoms with van der Waals surface area (Å²) in [4.78, 5) is 16.5. The number of aliphatic imine (C=N–C) groups is 1. The number of nitrogens with zero attached hydrogens (tertiary/aromatic N) is 3. The largest absolute Gasteiger partial charge is 0.507 e. The second-order valence-corrected chi connectivity index (χ2v) is 5.08. The van der Waals surface area contributed by atoms with E-state index in [9.17, 15) is 15.2 Å². The van der Waals surface area contributed by atoms with Gasteiger partial charge in [0.2, 0.25) is 0 Å². The molecule has 0 unspecified atom stereocenters. The smallest absolute Gasteiger partial charge is 0.270 e. The van der Waals surface area contributed by atoms with Crippen LogP contribution < -0.4 is 4.90 Å². The van der Waals surface area contributed by atoms with Crippen LogP contribution in [0.4, 0.5) is 17.1 Å². The molecule has 0 atom stereocenters. The van der Waals surface area contributed by atoms with Crippen molar-refractivity contribution < 1.29 is 15.1 Å². The second kappa shape index (κ2) is 8.07. The summed E-state index contributed by atoms with van der Waals surface area (Å²) in [7, 11) is 0. The van der Waals surface area contributed by atoms with Gasteiger partial charge in [-0.15, -0.1) is 0 Å². The van der Waals surface area contributed by atoms with Gasteiger partial charge in [-0.1, -0.05) is 0 Å². The number of non-ortho nitro benzene ring substituents is 1. The van der Waals surface area contributed by atoms with E-state index < -0.39 is 4.92 Å². The van der Waals surface area contributed by atoms with Gasteiger partial charge >= 0.3 is 0 Å².